The van der Waals surface area contributed by atoms with Crippen molar-refractivity contribution < 1.29 is 14.0 Å². The van der Waals surface area contributed by atoms with E-state index in [2.05, 4.69) is 16.0 Å². The zero-order valence-corrected chi connectivity index (χ0v) is 13.0. The van der Waals surface area contributed by atoms with Gasteiger partial charge in [0.05, 0.1) is 12.3 Å². The largest absolute Gasteiger partial charge is 0.360 e. The van der Waals surface area contributed by atoms with Crippen LogP contribution in [0.15, 0.2) is 46.6 Å². The molecule has 0 radical (unpaired) electrons. The summed E-state index contributed by atoms with van der Waals surface area (Å²) >= 11 is 0. The normalized spacial score (nSPS) is 23.1. The first-order valence-electron chi connectivity index (χ1n) is 7.90. The molecule has 5 nitrogen and oxygen atoms in total. The lowest BCUT2D eigenvalue weighted by atomic mass is 9.84. The molecule has 0 saturated carbocycles. The molecule has 0 aromatic rings. The molecule has 6 heteroatoms. The maximum Gasteiger partial charge on any atom is 0.224 e. The predicted molar refractivity (Wildman–Crippen MR) is 84.8 cm³/mol. The Balaban J connectivity index is 1.88. The number of fused-ring (bicyclic) bond motifs is 2. The fourth-order valence-electron chi connectivity index (χ4n) is 3.13. The minimum absolute atomic E-state index is 0.0800. The van der Waals surface area contributed by atoms with E-state index in [-0.39, 0.29) is 12.3 Å². The van der Waals surface area contributed by atoms with Crippen LogP contribution in [0.5, 0.6) is 0 Å². The first-order chi connectivity index (χ1) is 11.1. The number of nitrogens with one attached hydrogen (secondary N) is 3. The minimum Gasteiger partial charge on any atom is -0.360 e. The van der Waals surface area contributed by atoms with E-state index in [1.807, 2.05) is 13.0 Å². The topological polar surface area (TPSA) is 70.2 Å². The molecule has 0 fully saturated rings. The lowest BCUT2D eigenvalue weighted by Gasteiger charge is -2.19. The standard InChI is InChI=1S/C17H20FN3O2/c1-2-6-20-14(22)8-10-5-7-19-9-13-15(10)16-12(21-13)4-3-11(18)17(16)23/h3-5,16,19,21H,2,6-9H2,1H3,(H,20,22). The van der Waals surface area contributed by atoms with Gasteiger partial charge in [0.25, 0.3) is 0 Å². The molecular weight excluding hydrogens is 297 g/mol. The number of carbonyl (C=O) groups excluding carboxylic acids is 2. The maximum atomic E-state index is 13.7. The van der Waals surface area contributed by atoms with E-state index in [4.69, 9.17) is 0 Å². The summed E-state index contributed by atoms with van der Waals surface area (Å²) in [6.07, 6.45) is 5.78. The zero-order chi connectivity index (χ0) is 16.4. The predicted octanol–water partition coefficient (Wildman–Crippen LogP) is 1.23. The van der Waals surface area contributed by atoms with Crippen LogP contribution in [0.1, 0.15) is 19.8 Å². The van der Waals surface area contributed by atoms with E-state index in [0.717, 1.165) is 23.3 Å². The van der Waals surface area contributed by atoms with Gasteiger partial charge in [-0.1, -0.05) is 13.0 Å². The van der Waals surface area contributed by atoms with Crippen LogP contribution in [0.4, 0.5) is 4.39 Å². The smallest absolute Gasteiger partial charge is 0.224 e. The molecule has 3 rings (SSSR count). The van der Waals surface area contributed by atoms with E-state index in [1.165, 1.54) is 6.08 Å². The number of allylic oxidation sites excluding steroid dienone is 4. The molecule has 0 aromatic carbocycles. The Morgan fingerprint density at radius 1 is 1.43 bits per heavy atom. The molecule has 2 heterocycles. The second-order valence-corrected chi connectivity index (χ2v) is 5.84. The van der Waals surface area contributed by atoms with Gasteiger partial charge >= 0.3 is 0 Å². The van der Waals surface area contributed by atoms with Gasteiger partial charge in [0.2, 0.25) is 11.7 Å². The summed E-state index contributed by atoms with van der Waals surface area (Å²) in [4.78, 5) is 24.3. The van der Waals surface area contributed by atoms with Gasteiger partial charge in [0.15, 0.2) is 5.83 Å². The van der Waals surface area contributed by atoms with Crippen molar-refractivity contribution in [3.8, 4) is 0 Å². The summed E-state index contributed by atoms with van der Waals surface area (Å²) in [6.45, 7) is 3.79. The highest BCUT2D eigenvalue weighted by Crippen LogP contribution is 2.39. The molecule has 1 atom stereocenters. The Bertz CT molecular complexity index is 673. The first-order valence-corrected chi connectivity index (χ1v) is 7.90. The summed E-state index contributed by atoms with van der Waals surface area (Å²) in [5, 5.41) is 9.27. The zero-order valence-electron chi connectivity index (χ0n) is 13.0. The number of rotatable bonds is 4. The maximum absolute atomic E-state index is 13.7. The lowest BCUT2D eigenvalue weighted by Crippen LogP contribution is -2.27. The third kappa shape index (κ3) is 2.99. The molecule has 3 aliphatic rings. The third-order valence-electron chi connectivity index (χ3n) is 4.19. The van der Waals surface area contributed by atoms with E-state index in [1.54, 1.807) is 6.08 Å². The van der Waals surface area contributed by atoms with Gasteiger partial charge in [0, 0.05) is 31.0 Å². The molecule has 0 spiro atoms. The number of carbonyl (C=O) groups is 2. The summed E-state index contributed by atoms with van der Waals surface area (Å²) < 4.78 is 13.7. The molecule has 1 unspecified atom stereocenters. The Hall–Kier alpha value is -2.21. The number of hydrogen-bond donors (Lipinski definition) is 3. The molecule has 0 aromatic heterocycles. The molecule has 2 aliphatic heterocycles. The average Bonchev–Trinajstić information content (AvgIpc) is 2.80. The van der Waals surface area contributed by atoms with Crippen molar-refractivity contribution in [2.75, 3.05) is 19.6 Å². The number of hydrogen-bond acceptors (Lipinski definition) is 4. The van der Waals surface area contributed by atoms with Gasteiger partial charge in [-0.3, -0.25) is 9.59 Å². The lowest BCUT2D eigenvalue weighted by molar-refractivity contribution is -0.121. The highest BCUT2D eigenvalue weighted by molar-refractivity contribution is 6.02. The van der Waals surface area contributed by atoms with Gasteiger partial charge < -0.3 is 16.0 Å². The SMILES string of the molecule is CCCNC(=O)CC1=CCNCC2=C1C1C(=O)C(F)=CC=C1N2. The van der Waals surface area contributed by atoms with Crippen molar-refractivity contribution in [3.63, 3.8) is 0 Å². The van der Waals surface area contributed by atoms with Crippen molar-refractivity contribution in [1.82, 2.24) is 16.0 Å². The molecule has 1 aliphatic carbocycles. The van der Waals surface area contributed by atoms with E-state index in [9.17, 15) is 14.0 Å². The van der Waals surface area contributed by atoms with Crippen LogP contribution < -0.4 is 16.0 Å². The fraction of sp³-hybridized carbons (Fsp3) is 0.412. The van der Waals surface area contributed by atoms with Crippen LogP contribution in [-0.4, -0.2) is 31.3 Å². The third-order valence-corrected chi connectivity index (χ3v) is 4.19. The van der Waals surface area contributed by atoms with Crippen molar-refractivity contribution in [3.05, 3.63) is 46.6 Å². The molecule has 0 saturated heterocycles. The van der Waals surface area contributed by atoms with Crippen LogP contribution in [0.25, 0.3) is 0 Å². The van der Waals surface area contributed by atoms with Crippen molar-refractivity contribution in [1.29, 1.82) is 0 Å². The van der Waals surface area contributed by atoms with Crippen LogP contribution in [-0.2, 0) is 9.59 Å². The number of amides is 1. The van der Waals surface area contributed by atoms with Gasteiger partial charge in [-0.25, -0.2) is 4.39 Å². The molecule has 23 heavy (non-hydrogen) atoms. The number of Topliss-reactive ketones (excluding diaryl/α,β-unsaturated/α-hetero) is 1. The van der Waals surface area contributed by atoms with E-state index < -0.39 is 17.5 Å². The van der Waals surface area contributed by atoms with Crippen LogP contribution in [0.2, 0.25) is 0 Å². The second-order valence-electron chi connectivity index (χ2n) is 5.84. The second kappa shape index (κ2) is 6.50. The van der Waals surface area contributed by atoms with E-state index >= 15 is 0 Å². The number of ketones is 1. The average molecular weight is 317 g/mol. The van der Waals surface area contributed by atoms with Crippen molar-refractivity contribution >= 4 is 11.7 Å². The van der Waals surface area contributed by atoms with Gasteiger partial charge in [-0.15, -0.1) is 0 Å². The fourth-order valence-corrected chi connectivity index (χ4v) is 3.13. The molecule has 3 N–H and O–H groups in total. The van der Waals surface area contributed by atoms with Crippen molar-refractivity contribution in [2.45, 2.75) is 19.8 Å². The van der Waals surface area contributed by atoms with Gasteiger partial charge in [-0.05, 0) is 29.7 Å². The highest BCUT2D eigenvalue weighted by atomic mass is 19.1. The summed E-state index contributed by atoms with van der Waals surface area (Å²) in [6, 6.07) is 0. The summed E-state index contributed by atoms with van der Waals surface area (Å²) in [5.41, 5.74) is 3.08. The summed E-state index contributed by atoms with van der Waals surface area (Å²) in [7, 11) is 0. The van der Waals surface area contributed by atoms with E-state index in [0.29, 0.717) is 25.3 Å². The van der Waals surface area contributed by atoms with Gasteiger partial charge in [0.1, 0.15) is 0 Å². The Morgan fingerprint density at radius 3 is 3.04 bits per heavy atom. The summed E-state index contributed by atoms with van der Waals surface area (Å²) in [5.74, 6) is -2.01. The van der Waals surface area contributed by atoms with Crippen LogP contribution >= 0.6 is 0 Å². The minimum atomic E-state index is -0.735. The van der Waals surface area contributed by atoms with Crippen LogP contribution in [0, 0.1) is 5.92 Å². The first kappa shape index (κ1) is 15.7. The van der Waals surface area contributed by atoms with Gasteiger partial charge in [-0.2, -0.15) is 0 Å². The molecule has 122 valence electrons. The van der Waals surface area contributed by atoms with Crippen LogP contribution in [0.3, 0.4) is 0 Å². The Kier molecular flexibility index (Phi) is 4.43. The quantitative estimate of drug-likeness (QED) is 0.729. The van der Waals surface area contributed by atoms with Crippen molar-refractivity contribution in [2.24, 2.45) is 5.92 Å². The monoisotopic (exact) mass is 317 g/mol. The molecule has 0 bridgehead atoms. The highest BCUT2D eigenvalue weighted by Gasteiger charge is 2.40. The molecular formula is C17H20FN3O2. The molecule has 1 amide bonds. The Morgan fingerprint density at radius 2 is 2.26 bits per heavy atom. The number of halogens is 1. The Labute approximate surface area is 134 Å².